The van der Waals surface area contributed by atoms with Gasteiger partial charge in [-0.25, -0.2) is 0 Å². The lowest BCUT2D eigenvalue weighted by Gasteiger charge is -2.31. The van der Waals surface area contributed by atoms with Crippen molar-refractivity contribution >= 4 is 17.5 Å². The number of piperidine rings is 1. The van der Waals surface area contributed by atoms with Crippen LogP contribution < -0.4 is 5.73 Å². The van der Waals surface area contributed by atoms with Gasteiger partial charge in [-0.1, -0.05) is 18.5 Å². The van der Waals surface area contributed by atoms with E-state index in [9.17, 15) is 4.79 Å². The molecule has 0 radical (unpaired) electrons. The van der Waals surface area contributed by atoms with Crippen LogP contribution in [0.2, 0.25) is 0 Å². The summed E-state index contributed by atoms with van der Waals surface area (Å²) < 4.78 is 0. The van der Waals surface area contributed by atoms with Crippen LogP contribution in [-0.2, 0) is 4.79 Å². The number of halogens is 1. The molecule has 1 saturated heterocycles. The number of rotatable bonds is 2. The molecule has 0 aromatic carbocycles. The minimum Gasteiger partial charge on any atom is -0.367 e. The highest BCUT2D eigenvalue weighted by Gasteiger charge is 2.24. The summed E-state index contributed by atoms with van der Waals surface area (Å²) in [6.07, 6.45) is 2.22. The Balaban J connectivity index is 2.39. The van der Waals surface area contributed by atoms with Gasteiger partial charge in [0.2, 0.25) is 5.91 Å². The molecular weight excluding hydrogens is 176 g/mol. The second-order valence-electron chi connectivity index (χ2n) is 3.46. The normalized spacial score (nSPS) is 23.8. The Bertz CT molecular complexity index is 166. The molecule has 1 rings (SSSR count). The molecule has 4 heteroatoms. The standard InChI is InChI=1S/C8H15ClN2O/c1-6-2-4-11(5-3-6)7(9)8(10)12/h6-7H,2-5H2,1H3,(H2,10,12). The number of nitrogens with zero attached hydrogens (tertiary/aromatic N) is 1. The van der Waals surface area contributed by atoms with E-state index >= 15 is 0 Å². The van der Waals surface area contributed by atoms with Crippen molar-refractivity contribution in [3.8, 4) is 0 Å². The molecule has 12 heavy (non-hydrogen) atoms. The maximum atomic E-state index is 10.7. The van der Waals surface area contributed by atoms with Gasteiger partial charge in [-0.05, 0) is 18.8 Å². The summed E-state index contributed by atoms with van der Waals surface area (Å²) >= 11 is 5.79. The first kappa shape index (κ1) is 9.81. The quantitative estimate of drug-likeness (QED) is 0.517. The van der Waals surface area contributed by atoms with Crippen LogP contribution in [-0.4, -0.2) is 29.4 Å². The van der Waals surface area contributed by atoms with Crippen LogP contribution >= 0.6 is 11.6 Å². The smallest absolute Gasteiger partial charge is 0.250 e. The number of alkyl halides is 1. The summed E-state index contributed by atoms with van der Waals surface area (Å²) in [6.45, 7) is 3.99. The van der Waals surface area contributed by atoms with Crippen LogP contribution in [0.5, 0.6) is 0 Å². The highest BCUT2D eigenvalue weighted by molar-refractivity contribution is 6.30. The Morgan fingerprint density at radius 3 is 2.50 bits per heavy atom. The average Bonchev–Trinajstić information content (AvgIpc) is 2.04. The predicted molar refractivity (Wildman–Crippen MR) is 48.8 cm³/mol. The largest absolute Gasteiger partial charge is 0.367 e. The van der Waals surface area contributed by atoms with Crippen LogP contribution in [0.25, 0.3) is 0 Å². The van der Waals surface area contributed by atoms with Crippen LogP contribution in [0.4, 0.5) is 0 Å². The monoisotopic (exact) mass is 190 g/mol. The van der Waals surface area contributed by atoms with Crippen LogP contribution in [0, 0.1) is 5.92 Å². The lowest BCUT2D eigenvalue weighted by Crippen LogP contribution is -2.44. The number of carbonyl (C=O) groups is 1. The first-order valence-electron chi connectivity index (χ1n) is 4.28. The van der Waals surface area contributed by atoms with E-state index in [1.54, 1.807) is 0 Å². The van der Waals surface area contributed by atoms with Crippen molar-refractivity contribution < 1.29 is 4.79 Å². The fraction of sp³-hybridized carbons (Fsp3) is 0.875. The second-order valence-corrected chi connectivity index (χ2v) is 3.87. The van der Waals surface area contributed by atoms with Gasteiger partial charge in [-0.2, -0.15) is 0 Å². The van der Waals surface area contributed by atoms with E-state index in [2.05, 4.69) is 6.92 Å². The summed E-state index contributed by atoms with van der Waals surface area (Å²) in [4.78, 5) is 12.7. The Kier molecular flexibility index (Phi) is 3.35. The van der Waals surface area contributed by atoms with E-state index in [4.69, 9.17) is 17.3 Å². The third kappa shape index (κ3) is 2.35. The molecule has 1 fully saturated rings. The molecule has 1 aliphatic heterocycles. The molecule has 0 aromatic heterocycles. The van der Waals surface area contributed by atoms with Gasteiger partial charge in [-0.3, -0.25) is 9.69 Å². The molecule has 70 valence electrons. The van der Waals surface area contributed by atoms with Gasteiger partial charge in [0.1, 0.15) is 0 Å². The Morgan fingerprint density at radius 1 is 1.58 bits per heavy atom. The number of hydrogen-bond donors (Lipinski definition) is 1. The highest BCUT2D eigenvalue weighted by atomic mass is 35.5. The van der Waals surface area contributed by atoms with Crippen molar-refractivity contribution in [2.45, 2.75) is 25.3 Å². The van der Waals surface area contributed by atoms with Gasteiger partial charge in [0.25, 0.3) is 0 Å². The summed E-state index contributed by atoms with van der Waals surface area (Å²) in [7, 11) is 0. The first-order chi connectivity index (χ1) is 5.61. The molecule has 2 N–H and O–H groups in total. The SMILES string of the molecule is CC1CCN(C(Cl)C(N)=O)CC1. The number of amides is 1. The highest BCUT2D eigenvalue weighted by Crippen LogP contribution is 2.19. The van der Waals surface area contributed by atoms with Crippen LogP contribution in [0.1, 0.15) is 19.8 Å². The first-order valence-corrected chi connectivity index (χ1v) is 4.72. The minimum absolute atomic E-state index is 0.439. The average molecular weight is 191 g/mol. The minimum atomic E-state index is -0.613. The zero-order valence-electron chi connectivity index (χ0n) is 7.29. The number of hydrogen-bond acceptors (Lipinski definition) is 2. The van der Waals surface area contributed by atoms with Crippen molar-refractivity contribution in [1.29, 1.82) is 0 Å². The molecule has 1 amide bonds. The molecule has 0 spiro atoms. The fourth-order valence-corrected chi connectivity index (χ4v) is 1.63. The topological polar surface area (TPSA) is 46.3 Å². The number of primary amides is 1. The molecule has 1 unspecified atom stereocenters. The molecular formula is C8H15ClN2O. The maximum Gasteiger partial charge on any atom is 0.250 e. The number of nitrogens with two attached hydrogens (primary N) is 1. The van der Waals surface area contributed by atoms with Gasteiger partial charge >= 0.3 is 0 Å². The third-order valence-corrected chi connectivity index (χ3v) is 2.86. The Labute approximate surface area is 77.9 Å². The van der Waals surface area contributed by atoms with Gasteiger partial charge in [0.15, 0.2) is 5.50 Å². The molecule has 0 aromatic rings. The molecule has 1 heterocycles. The maximum absolute atomic E-state index is 10.7. The third-order valence-electron chi connectivity index (χ3n) is 2.37. The van der Waals surface area contributed by atoms with E-state index in [0.29, 0.717) is 0 Å². The van der Waals surface area contributed by atoms with E-state index < -0.39 is 11.4 Å². The molecule has 1 aliphatic rings. The van der Waals surface area contributed by atoms with Gasteiger partial charge in [0.05, 0.1) is 0 Å². The van der Waals surface area contributed by atoms with Crippen LogP contribution in [0.15, 0.2) is 0 Å². The summed E-state index contributed by atoms with van der Waals surface area (Å²) in [5, 5.41) is 0. The van der Waals surface area contributed by atoms with Gasteiger partial charge in [0, 0.05) is 13.1 Å². The van der Waals surface area contributed by atoms with Crippen molar-refractivity contribution in [2.75, 3.05) is 13.1 Å². The van der Waals surface area contributed by atoms with Crippen molar-refractivity contribution in [3.63, 3.8) is 0 Å². The van der Waals surface area contributed by atoms with Crippen molar-refractivity contribution in [3.05, 3.63) is 0 Å². The zero-order chi connectivity index (χ0) is 9.14. The molecule has 0 bridgehead atoms. The molecule has 1 atom stereocenters. The number of carbonyl (C=O) groups excluding carboxylic acids is 1. The molecule has 3 nitrogen and oxygen atoms in total. The molecule has 0 aliphatic carbocycles. The Morgan fingerprint density at radius 2 is 2.08 bits per heavy atom. The van der Waals surface area contributed by atoms with Crippen molar-refractivity contribution in [2.24, 2.45) is 11.7 Å². The van der Waals surface area contributed by atoms with E-state index in [0.717, 1.165) is 31.8 Å². The summed E-state index contributed by atoms with van der Waals surface area (Å²) in [5.74, 6) is 0.309. The van der Waals surface area contributed by atoms with Gasteiger partial charge in [-0.15, -0.1) is 0 Å². The zero-order valence-corrected chi connectivity index (χ0v) is 8.05. The summed E-state index contributed by atoms with van der Waals surface area (Å²) in [6, 6.07) is 0. The van der Waals surface area contributed by atoms with Crippen LogP contribution in [0.3, 0.4) is 0 Å². The van der Waals surface area contributed by atoms with Crippen molar-refractivity contribution in [1.82, 2.24) is 4.90 Å². The molecule has 0 saturated carbocycles. The predicted octanol–water partition coefficient (Wildman–Crippen LogP) is 0.768. The summed E-state index contributed by atoms with van der Waals surface area (Å²) in [5.41, 5.74) is 4.48. The fourth-order valence-electron chi connectivity index (χ4n) is 1.44. The second kappa shape index (κ2) is 4.10. The Hall–Kier alpha value is -0.280. The number of likely N-dealkylation sites (tertiary alicyclic amines) is 1. The van der Waals surface area contributed by atoms with E-state index in [-0.39, 0.29) is 0 Å². The lowest BCUT2D eigenvalue weighted by molar-refractivity contribution is -0.121. The van der Waals surface area contributed by atoms with Gasteiger partial charge < -0.3 is 5.73 Å². The van der Waals surface area contributed by atoms with E-state index in [1.165, 1.54) is 0 Å². The van der Waals surface area contributed by atoms with E-state index in [1.807, 2.05) is 4.90 Å². The lowest BCUT2D eigenvalue weighted by atomic mass is 9.99.